The number of halogens is 2. The summed E-state index contributed by atoms with van der Waals surface area (Å²) in [7, 11) is -3.46. The van der Waals surface area contributed by atoms with Gasteiger partial charge in [-0.05, 0) is 25.1 Å². The number of hydroxylamine groups is 1. The van der Waals surface area contributed by atoms with Gasteiger partial charge in [-0.1, -0.05) is 23.0 Å². The van der Waals surface area contributed by atoms with E-state index in [1.807, 2.05) is 0 Å². The van der Waals surface area contributed by atoms with Gasteiger partial charge in [0.2, 0.25) is 6.23 Å². The lowest BCUT2D eigenvalue weighted by Gasteiger charge is -2.25. The molecule has 0 amide bonds. The zero-order chi connectivity index (χ0) is 24.3. The van der Waals surface area contributed by atoms with Crippen molar-refractivity contribution in [3.8, 4) is 5.75 Å². The van der Waals surface area contributed by atoms with Crippen LogP contribution in [0.15, 0.2) is 47.4 Å². The molecular weight excluding hydrogens is 469 g/mol. The number of rotatable bonds is 9. The van der Waals surface area contributed by atoms with Crippen molar-refractivity contribution >= 4 is 20.0 Å². The van der Waals surface area contributed by atoms with E-state index in [9.17, 15) is 33.1 Å². The number of carboxylic acid groups (broad SMARTS) is 1. The number of hydrogen-bond donors (Lipinski definition) is 3. The Hall–Kier alpha value is -2.90. The van der Waals surface area contributed by atoms with Crippen molar-refractivity contribution in [3.63, 3.8) is 0 Å². The minimum atomic E-state index is -3.93. The van der Waals surface area contributed by atoms with E-state index in [0.717, 1.165) is 12.3 Å². The van der Waals surface area contributed by atoms with Gasteiger partial charge in [0.05, 0.1) is 6.61 Å². The van der Waals surface area contributed by atoms with Crippen LogP contribution in [0.3, 0.4) is 0 Å². The zero-order valence-corrected chi connectivity index (χ0v) is 18.1. The first-order chi connectivity index (χ1) is 15.5. The third-order valence-corrected chi connectivity index (χ3v) is 5.94. The topological polar surface area (TPSA) is 166 Å². The smallest absolute Gasteiger partial charge is 0.351 e. The molecular formula is C18H21F2N4O8P. The van der Waals surface area contributed by atoms with Crippen LogP contribution in [0.1, 0.15) is 13.2 Å². The predicted octanol–water partition coefficient (Wildman–Crippen LogP) is 0.895. The van der Waals surface area contributed by atoms with Crippen molar-refractivity contribution in [2.75, 3.05) is 12.3 Å². The van der Waals surface area contributed by atoms with Crippen molar-refractivity contribution in [2.45, 2.75) is 37.3 Å². The summed E-state index contributed by atoms with van der Waals surface area (Å²) < 4.78 is 52.5. The van der Waals surface area contributed by atoms with E-state index in [4.69, 9.17) is 19.8 Å². The van der Waals surface area contributed by atoms with E-state index in [1.165, 1.54) is 19.1 Å². The van der Waals surface area contributed by atoms with Gasteiger partial charge in [0.1, 0.15) is 23.7 Å². The van der Waals surface area contributed by atoms with Crippen LogP contribution < -0.4 is 16.3 Å². The SMILES string of the molecule is CC(C(=O)O)N(Oc1ccccc1)[PH](=O)OC[C@H]1O[C@@H](n2ccc(N)nc2=O)C(F)(F)[C@@H]1O. The molecule has 0 radical (unpaired) electrons. The molecule has 5 atom stereocenters. The van der Waals surface area contributed by atoms with E-state index in [2.05, 4.69) is 4.98 Å². The average molecular weight is 490 g/mol. The van der Waals surface area contributed by atoms with Gasteiger partial charge in [-0.2, -0.15) is 13.8 Å². The van der Waals surface area contributed by atoms with Gasteiger partial charge in [0.25, 0.3) is 8.18 Å². The number of aromatic nitrogens is 2. The summed E-state index contributed by atoms with van der Waals surface area (Å²) in [5.74, 6) is -5.35. The van der Waals surface area contributed by atoms with Crippen molar-refractivity contribution < 1.29 is 42.5 Å². The number of alkyl halides is 2. The highest BCUT2D eigenvalue weighted by Crippen LogP contribution is 2.43. The van der Waals surface area contributed by atoms with Crippen LogP contribution in [0.25, 0.3) is 0 Å². The van der Waals surface area contributed by atoms with Gasteiger partial charge in [-0.15, -0.1) is 0 Å². The normalized spacial score (nSPS) is 23.8. The van der Waals surface area contributed by atoms with E-state index in [-0.39, 0.29) is 11.6 Å². The predicted molar refractivity (Wildman–Crippen MR) is 109 cm³/mol. The van der Waals surface area contributed by atoms with Crippen molar-refractivity contribution in [2.24, 2.45) is 0 Å². The Morgan fingerprint density at radius 1 is 1.39 bits per heavy atom. The molecule has 33 heavy (non-hydrogen) atoms. The number of aliphatic hydroxyl groups excluding tert-OH is 1. The largest absolute Gasteiger partial charge is 0.480 e. The van der Waals surface area contributed by atoms with Crippen LogP contribution in [0.4, 0.5) is 14.6 Å². The number of benzene rings is 1. The first-order valence-electron chi connectivity index (χ1n) is 9.50. The molecule has 1 aromatic carbocycles. The lowest BCUT2D eigenvalue weighted by Crippen LogP contribution is -2.42. The lowest BCUT2D eigenvalue weighted by atomic mass is 10.1. The maximum absolute atomic E-state index is 14.6. The number of carboxylic acids is 1. The number of ether oxygens (including phenoxy) is 1. The van der Waals surface area contributed by atoms with Crippen molar-refractivity contribution in [1.29, 1.82) is 0 Å². The monoisotopic (exact) mass is 490 g/mol. The molecule has 1 fully saturated rings. The highest BCUT2D eigenvalue weighted by molar-refractivity contribution is 7.36. The Kier molecular flexibility index (Phi) is 7.44. The number of aliphatic hydroxyl groups is 1. The standard InChI is InChI=1S/C18H21F2N4O8P/c1-10(15(26)27)24(32-11-5-3-2-4-6-11)33(29)30-9-12-14(25)18(19,20)16(31-12)23-8-7-13(21)22-17(23)28/h2-8,10,12,14,16,25,33H,9H2,1H3,(H,26,27)(H2,21,22,28)/t10?,12-,14-,16-/m1/s1. The van der Waals surface area contributed by atoms with E-state index in [0.29, 0.717) is 9.40 Å². The summed E-state index contributed by atoms with van der Waals surface area (Å²) in [5.41, 5.74) is 4.22. The first-order valence-corrected chi connectivity index (χ1v) is 10.8. The molecule has 1 saturated heterocycles. The number of nitrogens with two attached hydrogens (primary N) is 1. The molecule has 3 rings (SSSR count). The molecule has 2 heterocycles. The summed E-state index contributed by atoms with van der Waals surface area (Å²) in [5, 5.41) is 19.3. The van der Waals surface area contributed by atoms with Crippen LogP contribution in [0, 0.1) is 0 Å². The van der Waals surface area contributed by atoms with Gasteiger partial charge < -0.3 is 30.0 Å². The number of hydrogen-bond acceptors (Lipinski definition) is 9. The second-order valence-corrected chi connectivity index (χ2v) is 8.27. The minimum Gasteiger partial charge on any atom is -0.480 e. The first kappa shape index (κ1) is 24.7. The van der Waals surface area contributed by atoms with E-state index >= 15 is 0 Å². The molecule has 1 aliphatic heterocycles. The van der Waals surface area contributed by atoms with Gasteiger partial charge in [0.15, 0.2) is 6.10 Å². The van der Waals surface area contributed by atoms with Crippen LogP contribution in [-0.2, 0) is 18.6 Å². The Bertz CT molecular complexity index is 1070. The maximum Gasteiger partial charge on any atom is 0.351 e. The number of nitrogen functional groups attached to an aromatic ring is 1. The summed E-state index contributed by atoms with van der Waals surface area (Å²) in [6, 6.07) is 7.48. The van der Waals surface area contributed by atoms with Gasteiger partial charge in [-0.3, -0.25) is 13.9 Å². The number of aliphatic carboxylic acids is 1. The Labute approximate surface area is 186 Å². The van der Waals surface area contributed by atoms with Gasteiger partial charge >= 0.3 is 17.6 Å². The quantitative estimate of drug-likeness (QED) is 0.337. The summed E-state index contributed by atoms with van der Waals surface area (Å²) in [4.78, 5) is 32.6. The number of anilines is 1. The van der Waals surface area contributed by atoms with Crippen LogP contribution >= 0.6 is 8.18 Å². The van der Waals surface area contributed by atoms with Crippen LogP contribution in [0.2, 0.25) is 0 Å². The second kappa shape index (κ2) is 9.93. The number of nitrogens with zero attached hydrogens (tertiary/aromatic N) is 3. The Morgan fingerprint density at radius 2 is 2.06 bits per heavy atom. The summed E-state index contributed by atoms with van der Waals surface area (Å²) in [6.45, 7) is 0.367. The van der Waals surface area contributed by atoms with E-state index in [1.54, 1.807) is 18.2 Å². The minimum absolute atomic E-state index is 0.159. The molecule has 1 aliphatic rings. The maximum atomic E-state index is 14.6. The van der Waals surface area contributed by atoms with Gasteiger partial charge in [0, 0.05) is 6.20 Å². The molecule has 0 saturated carbocycles. The molecule has 2 unspecified atom stereocenters. The van der Waals surface area contributed by atoms with Crippen molar-refractivity contribution in [1.82, 2.24) is 14.4 Å². The van der Waals surface area contributed by atoms with Gasteiger partial charge in [-0.25, -0.2) is 4.79 Å². The fraction of sp³-hybridized carbons (Fsp3) is 0.389. The number of para-hydroxylation sites is 1. The Morgan fingerprint density at radius 3 is 2.67 bits per heavy atom. The summed E-state index contributed by atoms with van der Waals surface area (Å²) >= 11 is 0. The van der Waals surface area contributed by atoms with Crippen LogP contribution in [-0.4, -0.2) is 61.3 Å². The molecule has 0 aliphatic carbocycles. The fourth-order valence-electron chi connectivity index (χ4n) is 2.90. The molecule has 12 nitrogen and oxygen atoms in total. The molecule has 4 N–H and O–H groups in total. The third kappa shape index (κ3) is 5.37. The molecule has 0 spiro atoms. The fourth-order valence-corrected chi connectivity index (χ4v) is 3.94. The van der Waals surface area contributed by atoms with Crippen molar-refractivity contribution in [3.05, 3.63) is 53.1 Å². The zero-order valence-electron chi connectivity index (χ0n) is 17.1. The second-order valence-electron chi connectivity index (χ2n) is 7.01. The molecule has 180 valence electrons. The highest BCUT2D eigenvalue weighted by atomic mass is 31.1. The Balaban J connectivity index is 1.73. The molecule has 0 bridgehead atoms. The van der Waals surface area contributed by atoms with E-state index < -0.39 is 56.8 Å². The van der Waals surface area contributed by atoms with Crippen LogP contribution in [0.5, 0.6) is 5.75 Å². The average Bonchev–Trinajstić information content (AvgIpc) is 2.99. The molecule has 2 aromatic rings. The third-order valence-electron chi connectivity index (χ3n) is 4.69. The highest BCUT2D eigenvalue weighted by Gasteiger charge is 2.59. The summed E-state index contributed by atoms with van der Waals surface area (Å²) in [6.07, 6.45) is -5.42. The lowest BCUT2D eigenvalue weighted by molar-refractivity contribution is -0.148. The molecule has 1 aromatic heterocycles. The number of carbonyl (C=O) groups is 1. The molecule has 15 heteroatoms.